The van der Waals surface area contributed by atoms with E-state index in [-0.39, 0.29) is 0 Å². The molecule has 0 radical (unpaired) electrons. The first kappa shape index (κ1) is 5.25. The Morgan fingerprint density at radius 2 is 1.91 bits per heavy atom. The summed E-state index contributed by atoms with van der Waals surface area (Å²) < 4.78 is 47.2. The van der Waals surface area contributed by atoms with Gasteiger partial charge in [0.05, 0.1) is 0 Å². The summed E-state index contributed by atoms with van der Waals surface area (Å²) in [6.07, 6.45) is 0. The SMILES string of the molecule is [2H]C([2H])([2H])C(F)(F)c1ccc(Br)cc1. The maximum Gasteiger partial charge on any atom is 0.270 e. The van der Waals surface area contributed by atoms with Crippen molar-refractivity contribution in [1.29, 1.82) is 0 Å². The largest absolute Gasteiger partial charge is 0.270 e. The van der Waals surface area contributed by atoms with Crippen LogP contribution < -0.4 is 0 Å². The molecule has 11 heavy (non-hydrogen) atoms. The zero-order valence-corrected chi connectivity index (χ0v) is 7.03. The molecule has 0 amide bonds. The van der Waals surface area contributed by atoms with Crippen LogP contribution in [-0.2, 0) is 5.92 Å². The molecule has 1 aromatic rings. The molecule has 0 saturated carbocycles. The fourth-order valence-corrected chi connectivity index (χ4v) is 0.924. The Bertz CT molecular complexity index is 318. The highest BCUT2D eigenvalue weighted by Crippen LogP contribution is 2.27. The molecule has 0 bridgehead atoms. The van der Waals surface area contributed by atoms with E-state index < -0.39 is 18.3 Å². The molecule has 0 nitrogen and oxygen atoms in total. The summed E-state index contributed by atoms with van der Waals surface area (Å²) in [4.78, 5) is 0. The summed E-state index contributed by atoms with van der Waals surface area (Å²) in [7, 11) is 0. The third kappa shape index (κ3) is 2.26. The van der Waals surface area contributed by atoms with Crippen molar-refractivity contribution in [3.05, 3.63) is 34.3 Å². The number of halogens is 3. The van der Waals surface area contributed by atoms with Crippen molar-refractivity contribution in [1.82, 2.24) is 0 Å². The van der Waals surface area contributed by atoms with Crippen LogP contribution in [0.25, 0.3) is 0 Å². The monoisotopic (exact) mass is 223 g/mol. The van der Waals surface area contributed by atoms with Crippen molar-refractivity contribution in [3.8, 4) is 0 Å². The van der Waals surface area contributed by atoms with Gasteiger partial charge in [0.25, 0.3) is 5.92 Å². The first-order valence-electron chi connectivity index (χ1n) is 4.39. The fourth-order valence-electron chi connectivity index (χ4n) is 0.659. The quantitative estimate of drug-likeness (QED) is 0.684. The Morgan fingerprint density at radius 3 is 2.36 bits per heavy atom. The summed E-state index contributed by atoms with van der Waals surface area (Å²) in [5.74, 6) is -3.80. The topological polar surface area (TPSA) is 0 Å². The minimum Gasteiger partial charge on any atom is -0.202 e. The second-order valence-electron chi connectivity index (χ2n) is 2.08. The van der Waals surface area contributed by atoms with Gasteiger partial charge in [-0.15, -0.1) is 0 Å². The third-order valence-corrected chi connectivity index (χ3v) is 1.74. The van der Waals surface area contributed by atoms with Crippen molar-refractivity contribution >= 4 is 15.9 Å². The van der Waals surface area contributed by atoms with E-state index in [1.54, 1.807) is 0 Å². The summed E-state index contributed by atoms with van der Waals surface area (Å²) in [5, 5.41) is 0. The molecule has 3 heteroatoms. The van der Waals surface area contributed by atoms with Gasteiger partial charge in [0.2, 0.25) is 0 Å². The predicted molar refractivity (Wildman–Crippen MR) is 43.7 cm³/mol. The molecule has 1 rings (SSSR count). The third-order valence-electron chi connectivity index (χ3n) is 1.21. The van der Waals surface area contributed by atoms with Crippen molar-refractivity contribution in [3.63, 3.8) is 0 Å². The van der Waals surface area contributed by atoms with Crippen LogP contribution >= 0.6 is 15.9 Å². The van der Waals surface area contributed by atoms with Gasteiger partial charge in [0.1, 0.15) is 0 Å². The molecule has 0 unspecified atom stereocenters. The van der Waals surface area contributed by atoms with Crippen molar-refractivity contribution in [2.45, 2.75) is 12.8 Å². The van der Waals surface area contributed by atoms with Gasteiger partial charge in [0.15, 0.2) is 0 Å². The Labute approximate surface area is 76.6 Å². The van der Waals surface area contributed by atoms with E-state index >= 15 is 0 Å². The van der Waals surface area contributed by atoms with Crippen LogP contribution in [0.15, 0.2) is 28.7 Å². The summed E-state index contributed by atoms with van der Waals surface area (Å²) >= 11 is 3.08. The van der Waals surface area contributed by atoms with Gasteiger partial charge < -0.3 is 0 Å². The lowest BCUT2D eigenvalue weighted by Gasteiger charge is -2.09. The smallest absolute Gasteiger partial charge is 0.202 e. The molecule has 0 aliphatic heterocycles. The molecule has 1 aromatic carbocycles. The highest BCUT2D eigenvalue weighted by molar-refractivity contribution is 9.10. The molecule has 60 valence electrons. The summed E-state index contributed by atoms with van der Waals surface area (Å²) in [5.41, 5.74) is -0.499. The number of hydrogen-bond donors (Lipinski definition) is 0. The van der Waals surface area contributed by atoms with E-state index in [0.717, 1.165) is 12.1 Å². The minimum atomic E-state index is -3.80. The molecule has 0 saturated heterocycles. The molecule has 0 N–H and O–H groups in total. The van der Waals surface area contributed by atoms with Crippen LogP contribution in [0.2, 0.25) is 0 Å². The highest BCUT2D eigenvalue weighted by Gasteiger charge is 2.23. The van der Waals surface area contributed by atoms with Crippen LogP contribution in [0.4, 0.5) is 8.78 Å². The van der Waals surface area contributed by atoms with Gasteiger partial charge in [-0.2, -0.15) is 0 Å². The second-order valence-corrected chi connectivity index (χ2v) is 3.00. The number of alkyl halides is 2. The van der Waals surface area contributed by atoms with Gasteiger partial charge in [0, 0.05) is 21.0 Å². The van der Waals surface area contributed by atoms with Gasteiger partial charge in [-0.1, -0.05) is 28.1 Å². The predicted octanol–water partition coefficient (Wildman–Crippen LogP) is 3.56. The Hall–Kier alpha value is -0.440. The zero-order chi connectivity index (χ0) is 11.0. The van der Waals surface area contributed by atoms with Gasteiger partial charge in [-0.25, -0.2) is 8.78 Å². The Balaban J connectivity index is 3.10. The normalized spacial score (nSPS) is 16.8. The first-order chi connectivity index (χ1) is 6.25. The van der Waals surface area contributed by atoms with E-state index in [4.69, 9.17) is 4.11 Å². The van der Waals surface area contributed by atoms with E-state index in [9.17, 15) is 8.78 Å². The Morgan fingerprint density at radius 1 is 1.36 bits per heavy atom. The molecule has 0 fully saturated rings. The number of hydrogen-bond acceptors (Lipinski definition) is 0. The van der Waals surface area contributed by atoms with Crippen molar-refractivity contribution < 1.29 is 12.9 Å². The lowest BCUT2D eigenvalue weighted by molar-refractivity contribution is 0.0174. The molecule has 0 atom stereocenters. The van der Waals surface area contributed by atoms with E-state index in [1.165, 1.54) is 12.1 Å². The van der Waals surface area contributed by atoms with Crippen LogP contribution in [0, 0.1) is 0 Å². The fraction of sp³-hybridized carbons (Fsp3) is 0.250. The van der Waals surface area contributed by atoms with Crippen LogP contribution in [0.5, 0.6) is 0 Å². The average Bonchev–Trinajstić information content (AvgIpc) is 2.03. The number of rotatable bonds is 1. The first-order valence-corrected chi connectivity index (χ1v) is 3.68. The van der Waals surface area contributed by atoms with Gasteiger partial charge in [-0.3, -0.25) is 0 Å². The molecule has 0 heterocycles. The van der Waals surface area contributed by atoms with E-state index in [0.29, 0.717) is 4.47 Å². The standard InChI is InChI=1S/C8H7BrF2/c1-8(10,11)6-2-4-7(9)5-3-6/h2-5H,1H3/i1D3. The lowest BCUT2D eigenvalue weighted by atomic mass is 10.1. The Kier molecular flexibility index (Phi) is 1.38. The number of benzene rings is 1. The average molecular weight is 224 g/mol. The van der Waals surface area contributed by atoms with Crippen LogP contribution in [0.1, 0.15) is 16.5 Å². The maximum absolute atomic E-state index is 13.2. The zero-order valence-electron chi connectivity index (χ0n) is 8.44. The van der Waals surface area contributed by atoms with Gasteiger partial charge in [-0.05, 0) is 12.1 Å². The molecule has 0 aliphatic rings. The highest BCUT2D eigenvalue weighted by atomic mass is 79.9. The van der Waals surface area contributed by atoms with Crippen LogP contribution in [-0.4, -0.2) is 0 Å². The summed E-state index contributed by atoms with van der Waals surface area (Å²) in [6.45, 7) is -3.30. The molecular weight excluding hydrogens is 214 g/mol. The van der Waals surface area contributed by atoms with Crippen molar-refractivity contribution in [2.24, 2.45) is 0 Å². The van der Waals surface area contributed by atoms with E-state index in [2.05, 4.69) is 15.9 Å². The molecular formula is C8H7BrF2. The van der Waals surface area contributed by atoms with Crippen molar-refractivity contribution in [2.75, 3.05) is 0 Å². The molecule has 0 spiro atoms. The van der Waals surface area contributed by atoms with E-state index in [1.807, 2.05) is 0 Å². The summed E-state index contributed by atoms with van der Waals surface area (Å²) in [6, 6.07) is 4.96. The lowest BCUT2D eigenvalue weighted by Crippen LogP contribution is -2.05. The molecule has 0 aliphatic carbocycles. The van der Waals surface area contributed by atoms with Crippen LogP contribution in [0.3, 0.4) is 0 Å². The molecule has 0 aromatic heterocycles. The maximum atomic E-state index is 13.2. The van der Waals surface area contributed by atoms with Gasteiger partial charge >= 0.3 is 0 Å². The second kappa shape index (κ2) is 2.89. The minimum absolute atomic E-state index is 0.499.